The van der Waals surface area contributed by atoms with Gasteiger partial charge in [0.05, 0.1) is 11.0 Å². The van der Waals surface area contributed by atoms with Crippen molar-refractivity contribution in [3.63, 3.8) is 0 Å². The number of thiophene rings is 1. The first-order valence-corrected chi connectivity index (χ1v) is 10.9. The topological polar surface area (TPSA) is 75.7 Å². The van der Waals surface area contributed by atoms with Crippen LogP contribution < -0.4 is 4.72 Å². The van der Waals surface area contributed by atoms with E-state index in [-0.39, 0.29) is 23.5 Å². The lowest BCUT2D eigenvalue weighted by Gasteiger charge is -2.17. The highest BCUT2D eigenvalue weighted by Gasteiger charge is 2.21. The highest BCUT2D eigenvalue weighted by molar-refractivity contribution is 7.89. The van der Waals surface area contributed by atoms with Crippen LogP contribution in [0.5, 0.6) is 0 Å². The van der Waals surface area contributed by atoms with E-state index in [4.69, 9.17) is 4.74 Å². The van der Waals surface area contributed by atoms with Gasteiger partial charge in [0.1, 0.15) is 0 Å². The molecule has 1 aromatic heterocycles. The predicted molar refractivity (Wildman–Crippen MR) is 101 cm³/mol. The van der Waals surface area contributed by atoms with E-state index >= 15 is 0 Å². The van der Waals surface area contributed by atoms with Gasteiger partial charge in [-0.25, -0.2) is 13.1 Å². The summed E-state index contributed by atoms with van der Waals surface area (Å²) in [4.78, 5) is 14.3. The Morgan fingerprint density at radius 2 is 2.23 bits per heavy atom. The minimum Gasteiger partial charge on any atom is -0.377 e. The number of sulfonamides is 1. The number of hydrogen-bond donors (Lipinski definition) is 1. The van der Waals surface area contributed by atoms with Gasteiger partial charge in [-0.1, -0.05) is 6.07 Å². The lowest BCUT2D eigenvalue weighted by atomic mass is 10.2. The summed E-state index contributed by atoms with van der Waals surface area (Å²) >= 11 is 1.57. The molecule has 1 amide bonds. The number of nitrogens with one attached hydrogen (secondary N) is 1. The smallest absolute Gasteiger partial charge is 0.253 e. The minimum absolute atomic E-state index is 0.0775. The van der Waals surface area contributed by atoms with Gasteiger partial charge in [-0.2, -0.15) is 11.3 Å². The van der Waals surface area contributed by atoms with Gasteiger partial charge in [-0.3, -0.25) is 4.79 Å². The second kappa shape index (κ2) is 8.30. The Balaban J connectivity index is 1.69. The Hall–Kier alpha value is -1.74. The molecule has 0 radical (unpaired) electrons. The van der Waals surface area contributed by atoms with Crippen molar-refractivity contribution in [3.8, 4) is 0 Å². The van der Waals surface area contributed by atoms with E-state index in [0.29, 0.717) is 18.7 Å². The Morgan fingerprint density at radius 1 is 1.38 bits per heavy atom. The van der Waals surface area contributed by atoms with Crippen molar-refractivity contribution in [3.05, 3.63) is 52.2 Å². The highest BCUT2D eigenvalue weighted by Crippen LogP contribution is 2.16. The van der Waals surface area contributed by atoms with E-state index in [1.807, 2.05) is 16.8 Å². The summed E-state index contributed by atoms with van der Waals surface area (Å²) in [7, 11) is -1.97. The molecule has 2 heterocycles. The van der Waals surface area contributed by atoms with Gasteiger partial charge in [0, 0.05) is 32.3 Å². The van der Waals surface area contributed by atoms with Crippen LogP contribution in [0.1, 0.15) is 28.8 Å². The maximum Gasteiger partial charge on any atom is 0.253 e. The van der Waals surface area contributed by atoms with Crippen molar-refractivity contribution in [2.24, 2.45) is 0 Å². The average molecular weight is 395 g/mol. The molecule has 1 aliphatic heterocycles. The molecule has 1 N–H and O–H groups in total. The number of nitrogens with zero attached hydrogens (tertiary/aromatic N) is 1. The van der Waals surface area contributed by atoms with Crippen LogP contribution >= 0.6 is 11.3 Å². The van der Waals surface area contributed by atoms with Crippen molar-refractivity contribution >= 4 is 27.3 Å². The second-order valence-corrected chi connectivity index (χ2v) is 8.85. The Kier molecular flexibility index (Phi) is 6.08. The van der Waals surface area contributed by atoms with E-state index in [0.717, 1.165) is 18.4 Å². The van der Waals surface area contributed by atoms with Crippen molar-refractivity contribution in [1.29, 1.82) is 0 Å². The number of carbonyl (C=O) groups is 1. The maximum atomic E-state index is 12.6. The molecule has 1 atom stereocenters. The third-order valence-corrected chi connectivity index (χ3v) is 6.42. The van der Waals surface area contributed by atoms with Crippen LogP contribution in [0.2, 0.25) is 0 Å². The van der Waals surface area contributed by atoms with Crippen LogP contribution in [0.25, 0.3) is 0 Å². The van der Waals surface area contributed by atoms with Gasteiger partial charge in [0.15, 0.2) is 0 Å². The zero-order valence-corrected chi connectivity index (χ0v) is 16.2. The van der Waals surface area contributed by atoms with Crippen molar-refractivity contribution in [1.82, 2.24) is 9.62 Å². The van der Waals surface area contributed by atoms with Gasteiger partial charge in [0.2, 0.25) is 10.0 Å². The lowest BCUT2D eigenvalue weighted by Crippen LogP contribution is -2.32. The Morgan fingerprint density at radius 3 is 2.92 bits per heavy atom. The molecule has 140 valence electrons. The first kappa shape index (κ1) is 19.0. The molecule has 0 bridgehead atoms. The number of rotatable bonds is 7. The number of ether oxygens (including phenoxy) is 1. The van der Waals surface area contributed by atoms with E-state index in [1.165, 1.54) is 12.1 Å². The normalized spacial score (nSPS) is 17.3. The molecule has 6 nitrogen and oxygen atoms in total. The van der Waals surface area contributed by atoms with Crippen LogP contribution in [0.3, 0.4) is 0 Å². The van der Waals surface area contributed by atoms with E-state index in [2.05, 4.69) is 4.72 Å². The molecule has 0 saturated carbocycles. The summed E-state index contributed by atoms with van der Waals surface area (Å²) < 4.78 is 33.0. The van der Waals surface area contributed by atoms with E-state index < -0.39 is 10.0 Å². The Bertz CT molecular complexity index is 844. The summed E-state index contributed by atoms with van der Waals surface area (Å²) in [5.74, 6) is -0.215. The molecule has 8 heteroatoms. The van der Waals surface area contributed by atoms with Crippen molar-refractivity contribution in [2.75, 3.05) is 20.2 Å². The van der Waals surface area contributed by atoms with Crippen molar-refractivity contribution < 1.29 is 17.9 Å². The standard InChI is InChI=1S/C18H22N2O4S2/c1-20(12-14-7-9-25-13-14)18(21)15-4-2-6-17(10-15)26(22,23)19-11-16-5-3-8-24-16/h2,4,6-7,9-10,13,16,19H,3,5,8,11-12H2,1H3/t16-/m1/s1. The largest absolute Gasteiger partial charge is 0.377 e. The highest BCUT2D eigenvalue weighted by atomic mass is 32.2. The molecule has 1 aromatic carbocycles. The molecule has 3 rings (SSSR count). The fraction of sp³-hybridized carbons (Fsp3) is 0.389. The van der Waals surface area contributed by atoms with E-state index in [1.54, 1.807) is 35.4 Å². The van der Waals surface area contributed by atoms with Crippen LogP contribution in [0.15, 0.2) is 46.0 Å². The minimum atomic E-state index is -3.68. The zero-order chi connectivity index (χ0) is 18.6. The molecule has 2 aromatic rings. The first-order chi connectivity index (χ1) is 12.5. The summed E-state index contributed by atoms with van der Waals surface area (Å²) in [5.41, 5.74) is 1.40. The van der Waals surface area contributed by atoms with E-state index in [9.17, 15) is 13.2 Å². The summed E-state index contributed by atoms with van der Waals surface area (Å²) in [6.07, 6.45) is 1.73. The first-order valence-electron chi connectivity index (χ1n) is 8.43. The van der Waals surface area contributed by atoms with Gasteiger partial charge in [-0.05, 0) is 53.4 Å². The van der Waals surface area contributed by atoms with Crippen LogP contribution in [0.4, 0.5) is 0 Å². The van der Waals surface area contributed by atoms with Gasteiger partial charge in [0.25, 0.3) is 5.91 Å². The lowest BCUT2D eigenvalue weighted by molar-refractivity contribution is 0.0785. The number of amides is 1. The number of hydrogen-bond acceptors (Lipinski definition) is 5. The predicted octanol–water partition coefficient (Wildman–Crippen LogP) is 2.48. The van der Waals surface area contributed by atoms with Crippen LogP contribution in [-0.4, -0.2) is 45.5 Å². The monoisotopic (exact) mass is 394 g/mol. The maximum absolute atomic E-state index is 12.6. The van der Waals surface area contributed by atoms with Gasteiger partial charge in [-0.15, -0.1) is 0 Å². The molecule has 0 spiro atoms. The SMILES string of the molecule is CN(Cc1ccsc1)C(=O)c1cccc(S(=O)(=O)NC[C@H]2CCCO2)c1. The van der Waals surface area contributed by atoms with Gasteiger partial charge < -0.3 is 9.64 Å². The zero-order valence-electron chi connectivity index (χ0n) is 14.6. The quantitative estimate of drug-likeness (QED) is 0.783. The molecule has 0 aliphatic carbocycles. The molecule has 1 fully saturated rings. The second-order valence-electron chi connectivity index (χ2n) is 6.31. The van der Waals surface area contributed by atoms with Crippen molar-refractivity contribution in [2.45, 2.75) is 30.4 Å². The summed E-state index contributed by atoms with van der Waals surface area (Å²) in [6, 6.07) is 8.10. The molecule has 1 saturated heterocycles. The fourth-order valence-corrected chi connectivity index (χ4v) is 4.61. The third kappa shape index (κ3) is 4.70. The summed E-state index contributed by atoms with van der Waals surface area (Å²) in [6.45, 7) is 1.40. The summed E-state index contributed by atoms with van der Waals surface area (Å²) in [5, 5.41) is 3.94. The van der Waals surface area contributed by atoms with Crippen LogP contribution in [0, 0.1) is 0 Å². The third-order valence-electron chi connectivity index (χ3n) is 4.26. The average Bonchev–Trinajstić information content (AvgIpc) is 3.33. The van der Waals surface area contributed by atoms with Gasteiger partial charge >= 0.3 is 0 Å². The molecule has 1 aliphatic rings. The number of benzene rings is 1. The van der Waals surface area contributed by atoms with Crippen LogP contribution in [-0.2, 0) is 21.3 Å². The number of carbonyl (C=O) groups excluding carboxylic acids is 1. The molecule has 0 unspecified atom stereocenters. The Labute approximate surface area is 157 Å². The molecular formula is C18H22N2O4S2. The fourth-order valence-electron chi connectivity index (χ4n) is 2.84. The molecular weight excluding hydrogens is 372 g/mol. The molecule has 26 heavy (non-hydrogen) atoms.